The van der Waals surface area contributed by atoms with Crippen molar-refractivity contribution < 1.29 is 18.7 Å². The second kappa shape index (κ2) is 4.99. The third kappa shape index (κ3) is 2.17. The Morgan fingerprint density at radius 2 is 1.96 bits per heavy atom. The zero-order chi connectivity index (χ0) is 17.0. The normalized spacial score (nSPS) is 16.8. The van der Waals surface area contributed by atoms with Crippen molar-refractivity contribution in [1.29, 1.82) is 0 Å². The van der Waals surface area contributed by atoms with Gasteiger partial charge in [-0.25, -0.2) is 4.39 Å². The van der Waals surface area contributed by atoms with Crippen LogP contribution in [0, 0.1) is 5.82 Å². The topological polar surface area (TPSA) is 63.4 Å². The fourth-order valence-electron chi connectivity index (χ4n) is 3.38. The van der Waals surface area contributed by atoms with Gasteiger partial charge in [-0.15, -0.1) is 0 Å². The predicted octanol–water partition coefficient (Wildman–Crippen LogP) is 3.71. The summed E-state index contributed by atoms with van der Waals surface area (Å²) in [5.41, 5.74) is 1.21. The zero-order valence-corrected chi connectivity index (χ0v) is 13.3. The van der Waals surface area contributed by atoms with Crippen molar-refractivity contribution in [3.8, 4) is 11.5 Å². The molecule has 2 aromatic carbocycles. The van der Waals surface area contributed by atoms with Gasteiger partial charge in [0.15, 0.2) is 11.5 Å². The largest absolute Gasteiger partial charge is 0.454 e. The molecule has 1 fully saturated rings. The standard InChI is InChI=1S/C19H15FN2O3/c20-13-7-11-3-6-21-14(11)9-15(13)22-18(23)19(4-5-19)12-1-2-16-17(8-12)25-10-24-16/h1-3,6-9,21H,4-5,10H2,(H,22,23). The SMILES string of the molecule is O=C(Nc1cc2[nH]ccc2cc1F)C1(c2ccc3c(c2)OCO3)CC1. The molecule has 3 aromatic rings. The van der Waals surface area contributed by atoms with E-state index in [1.54, 1.807) is 18.3 Å². The number of ether oxygens (including phenoxy) is 2. The number of hydrogen-bond acceptors (Lipinski definition) is 3. The van der Waals surface area contributed by atoms with Crippen LogP contribution in [0.3, 0.4) is 0 Å². The molecule has 126 valence electrons. The first-order chi connectivity index (χ1) is 12.2. The van der Waals surface area contributed by atoms with E-state index in [4.69, 9.17) is 9.47 Å². The van der Waals surface area contributed by atoms with Crippen molar-refractivity contribution in [3.05, 3.63) is 54.0 Å². The molecule has 5 rings (SSSR count). The molecule has 6 heteroatoms. The van der Waals surface area contributed by atoms with Gasteiger partial charge >= 0.3 is 0 Å². The number of amides is 1. The predicted molar refractivity (Wildman–Crippen MR) is 90.4 cm³/mol. The molecule has 0 spiro atoms. The maximum atomic E-state index is 14.3. The molecular weight excluding hydrogens is 323 g/mol. The molecule has 2 aliphatic rings. The molecule has 0 radical (unpaired) electrons. The maximum Gasteiger partial charge on any atom is 0.235 e. The third-order valence-corrected chi connectivity index (χ3v) is 5.00. The zero-order valence-electron chi connectivity index (χ0n) is 13.3. The van der Waals surface area contributed by atoms with Gasteiger partial charge in [-0.2, -0.15) is 0 Å². The van der Waals surface area contributed by atoms with Gasteiger partial charge in [-0.1, -0.05) is 6.07 Å². The summed E-state index contributed by atoms with van der Waals surface area (Å²) in [6, 6.07) is 10.4. The Morgan fingerprint density at radius 1 is 1.12 bits per heavy atom. The number of hydrogen-bond donors (Lipinski definition) is 2. The second-order valence-corrected chi connectivity index (χ2v) is 6.50. The lowest BCUT2D eigenvalue weighted by atomic mass is 9.94. The highest BCUT2D eigenvalue weighted by Gasteiger charge is 2.51. The molecule has 0 unspecified atom stereocenters. The highest BCUT2D eigenvalue weighted by molar-refractivity contribution is 6.02. The minimum absolute atomic E-state index is 0.187. The Bertz CT molecular complexity index is 1010. The minimum Gasteiger partial charge on any atom is -0.454 e. The first-order valence-electron chi connectivity index (χ1n) is 8.14. The quantitative estimate of drug-likeness (QED) is 0.765. The van der Waals surface area contributed by atoms with Crippen LogP contribution in [-0.4, -0.2) is 17.7 Å². The van der Waals surface area contributed by atoms with E-state index in [9.17, 15) is 9.18 Å². The monoisotopic (exact) mass is 338 g/mol. The summed E-state index contributed by atoms with van der Waals surface area (Å²) in [5.74, 6) is 0.692. The number of anilines is 1. The van der Waals surface area contributed by atoms with Crippen molar-refractivity contribution in [1.82, 2.24) is 4.98 Å². The second-order valence-electron chi connectivity index (χ2n) is 6.50. The number of aromatic amines is 1. The van der Waals surface area contributed by atoms with Gasteiger partial charge in [-0.05, 0) is 48.7 Å². The highest BCUT2D eigenvalue weighted by atomic mass is 19.1. The van der Waals surface area contributed by atoms with Gasteiger partial charge in [0, 0.05) is 17.1 Å². The number of benzene rings is 2. The average Bonchev–Trinajstić information content (AvgIpc) is 3.08. The molecule has 1 aromatic heterocycles. The molecular formula is C19H15FN2O3. The molecule has 0 saturated heterocycles. The van der Waals surface area contributed by atoms with Crippen LogP contribution in [-0.2, 0) is 10.2 Å². The first kappa shape index (κ1) is 14.3. The Labute approximate surface area is 142 Å². The number of rotatable bonds is 3. The lowest BCUT2D eigenvalue weighted by Gasteiger charge is -2.16. The number of carbonyl (C=O) groups is 1. The minimum atomic E-state index is -0.627. The van der Waals surface area contributed by atoms with Crippen LogP contribution in [0.1, 0.15) is 18.4 Å². The number of nitrogens with one attached hydrogen (secondary N) is 2. The van der Waals surface area contributed by atoms with E-state index in [-0.39, 0.29) is 18.4 Å². The summed E-state index contributed by atoms with van der Waals surface area (Å²) < 4.78 is 25.0. The number of aromatic nitrogens is 1. The average molecular weight is 338 g/mol. The molecule has 0 atom stereocenters. The highest BCUT2D eigenvalue weighted by Crippen LogP contribution is 2.51. The van der Waals surface area contributed by atoms with E-state index in [0.29, 0.717) is 11.5 Å². The maximum absolute atomic E-state index is 14.3. The van der Waals surface area contributed by atoms with Gasteiger partial charge in [0.25, 0.3) is 0 Å². The summed E-state index contributed by atoms with van der Waals surface area (Å²) in [5, 5.41) is 3.53. The van der Waals surface area contributed by atoms with Crippen LogP contribution in [0.25, 0.3) is 10.9 Å². The molecule has 1 saturated carbocycles. The summed E-state index contributed by atoms with van der Waals surface area (Å²) in [6.45, 7) is 0.194. The van der Waals surface area contributed by atoms with Crippen molar-refractivity contribution in [3.63, 3.8) is 0 Å². The van der Waals surface area contributed by atoms with E-state index < -0.39 is 11.2 Å². The lowest BCUT2D eigenvalue weighted by molar-refractivity contribution is -0.118. The van der Waals surface area contributed by atoms with Crippen LogP contribution in [0.4, 0.5) is 10.1 Å². The summed E-state index contributed by atoms with van der Waals surface area (Å²) >= 11 is 0. The van der Waals surface area contributed by atoms with Crippen molar-refractivity contribution in [2.24, 2.45) is 0 Å². The lowest BCUT2D eigenvalue weighted by Crippen LogP contribution is -2.28. The molecule has 2 N–H and O–H groups in total. The van der Waals surface area contributed by atoms with Gasteiger partial charge in [-0.3, -0.25) is 4.79 Å². The van der Waals surface area contributed by atoms with Crippen LogP contribution >= 0.6 is 0 Å². The number of fused-ring (bicyclic) bond motifs is 2. The Balaban J connectivity index is 1.46. The van der Waals surface area contributed by atoms with Crippen LogP contribution in [0.5, 0.6) is 11.5 Å². The summed E-state index contributed by atoms with van der Waals surface area (Å²) in [4.78, 5) is 15.9. The molecule has 0 bridgehead atoms. The van der Waals surface area contributed by atoms with Crippen molar-refractivity contribution in [2.75, 3.05) is 12.1 Å². The molecule has 1 amide bonds. The molecule has 25 heavy (non-hydrogen) atoms. The number of H-pyrrole nitrogens is 1. The first-order valence-corrected chi connectivity index (χ1v) is 8.14. The fourth-order valence-corrected chi connectivity index (χ4v) is 3.38. The third-order valence-electron chi connectivity index (χ3n) is 5.00. The van der Waals surface area contributed by atoms with Gasteiger partial charge in [0.2, 0.25) is 12.7 Å². The molecule has 2 heterocycles. The Hall–Kier alpha value is -3.02. The smallest absolute Gasteiger partial charge is 0.235 e. The van der Waals surface area contributed by atoms with Crippen LogP contribution in [0.2, 0.25) is 0 Å². The Kier molecular flexibility index (Phi) is 2.86. The van der Waals surface area contributed by atoms with Crippen LogP contribution in [0.15, 0.2) is 42.6 Å². The van der Waals surface area contributed by atoms with Gasteiger partial charge in [0.1, 0.15) is 5.82 Å². The van der Waals surface area contributed by atoms with Crippen LogP contribution < -0.4 is 14.8 Å². The molecule has 1 aliphatic carbocycles. The van der Waals surface area contributed by atoms with E-state index in [1.807, 2.05) is 18.2 Å². The fraction of sp³-hybridized carbons (Fsp3) is 0.211. The summed E-state index contributed by atoms with van der Waals surface area (Å²) in [7, 11) is 0. The van der Waals surface area contributed by atoms with E-state index in [1.165, 1.54) is 6.07 Å². The number of halogens is 1. The van der Waals surface area contributed by atoms with E-state index in [2.05, 4.69) is 10.3 Å². The van der Waals surface area contributed by atoms with Gasteiger partial charge in [0.05, 0.1) is 11.1 Å². The van der Waals surface area contributed by atoms with Gasteiger partial charge < -0.3 is 19.8 Å². The van der Waals surface area contributed by atoms with Crippen molar-refractivity contribution >= 4 is 22.5 Å². The Morgan fingerprint density at radius 3 is 2.80 bits per heavy atom. The summed E-state index contributed by atoms with van der Waals surface area (Å²) in [6.07, 6.45) is 3.19. The van der Waals surface area contributed by atoms with E-state index in [0.717, 1.165) is 29.3 Å². The number of carbonyl (C=O) groups excluding carboxylic acids is 1. The van der Waals surface area contributed by atoms with E-state index >= 15 is 0 Å². The molecule has 1 aliphatic heterocycles. The van der Waals surface area contributed by atoms with Crippen molar-refractivity contribution in [2.45, 2.75) is 18.3 Å². The molecule has 5 nitrogen and oxygen atoms in total.